The van der Waals surface area contributed by atoms with Crippen molar-refractivity contribution in [2.75, 3.05) is 0 Å². The summed E-state index contributed by atoms with van der Waals surface area (Å²) in [5.74, 6) is 0. The highest BCUT2D eigenvalue weighted by molar-refractivity contribution is 9.10. The van der Waals surface area contributed by atoms with Gasteiger partial charge in [-0.1, -0.05) is 153 Å². The van der Waals surface area contributed by atoms with Gasteiger partial charge in [-0.15, -0.1) is 0 Å². The van der Waals surface area contributed by atoms with Crippen LogP contribution < -0.4 is 0 Å². The first kappa shape index (κ1) is 27.1. The van der Waals surface area contributed by atoms with Gasteiger partial charge in [-0.2, -0.15) is 0 Å². The zero-order chi connectivity index (χ0) is 29.6. The van der Waals surface area contributed by atoms with Crippen LogP contribution in [0.5, 0.6) is 0 Å². The minimum atomic E-state index is 1.10. The van der Waals surface area contributed by atoms with Gasteiger partial charge in [-0.25, -0.2) is 0 Å². The van der Waals surface area contributed by atoms with E-state index in [-0.39, 0.29) is 0 Å². The zero-order valence-electron chi connectivity index (χ0n) is 23.8. The van der Waals surface area contributed by atoms with Crippen molar-refractivity contribution in [3.05, 3.63) is 165 Å². The van der Waals surface area contributed by atoms with Crippen LogP contribution in [0, 0.1) is 0 Å². The lowest BCUT2D eigenvalue weighted by Crippen LogP contribution is -1.83. The molecule has 0 aromatic heterocycles. The van der Waals surface area contributed by atoms with E-state index in [2.05, 4.69) is 190 Å². The summed E-state index contributed by atoms with van der Waals surface area (Å²) in [4.78, 5) is 0. The molecule has 0 unspecified atom stereocenters. The van der Waals surface area contributed by atoms with Crippen LogP contribution in [0.15, 0.2) is 142 Å². The van der Waals surface area contributed by atoms with Crippen LogP contribution in [0.2, 0.25) is 0 Å². The van der Waals surface area contributed by atoms with E-state index < -0.39 is 0 Å². The van der Waals surface area contributed by atoms with Gasteiger partial charge >= 0.3 is 0 Å². The van der Waals surface area contributed by atoms with Gasteiger partial charge in [-0.3, -0.25) is 0 Å². The molecule has 0 nitrogen and oxygen atoms in total. The lowest BCUT2D eigenvalue weighted by atomic mass is 9.99. The molecule has 0 spiro atoms. The van der Waals surface area contributed by atoms with Gasteiger partial charge in [0.2, 0.25) is 0 Å². The average Bonchev–Trinajstić information content (AvgIpc) is 3.06. The van der Waals surface area contributed by atoms with Crippen LogP contribution in [0.25, 0.3) is 78.2 Å². The Bertz CT molecular complexity index is 2290. The lowest BCUT2D eigenvalue weighted by Gasteiger charge is -2.08. The molecule has 208 valence electrons. The van der Waals surface area contributed by atoms with Gasteiger partial charge in [0.1, 0.15) is 0 Å². The second-order valence-electron chi connectivity index (χ2n) is 11.3. The highest BCUT2D eigenvalue weighted by atomic mass is 79.9. The third-order valence-electron chi connectivity index (χ3n) is 8.52. The Morgan fingerprint density at radius 3 is 1.20 bits per heavy atom. The molecule has 0 saturated carbocycles. The van der Waals surface area contributed by atoms with Crippen molar-refractivity contribution in [1.29, 1.82) is 0 Å². The quantitative estimate of drug-likeness (QED) is 0.127. The van der Waals surface area contributed by atoms with E-state index in [9.17, 15) is 0 Å². The van der Waals surface area contributed by atoms with Gasteiger partial charge in [0.05, 0.1) is 0 Å². The largest absolute Gasteiger partial charge is 0.0616 e. The smallest absolute Gasteiger partial charge is 0.0254 e. The molecule has 0 amide bonds. The summed E-state index contributed by atoms with van der Waals surface area (Å²) < 4.78 is 2.19. The molecule has 44 heavy (non-hydrogen) atoms. The van der Waals surface area contributed by atoms with Gasteiger partial charge < -0.3 is 0 Å². The van der Waals surface area contributed by atoms with Gasteiger partial charge in [0, 0.05) is 8.95 Å². The third kappa shape index (κ3) is 5.05. The third-order valence-corrected chi connectivity index (χ3v) is 9.90. The second kappa shape index (κ2) is 11.2. The van der Waals surface area contributed by atoms with E-state index in [1.54, 1.807) is 0 Å². The molecule has 0 fully saturated rings. The summed E-state index contributed by atoms with van der Waals surface area (Å²) in [6.07, 6.45) is 8.80. The van der Waals surface area contributed by atoms with Crippen LogP contribution in [-0.4, -0.2) is 0 Å². The molecular weight excluding hydrogens is 664 g/mol. The number of rotatable bonds is 4. The normalized spacial score (nSPS) is 12.1. The summed E-state index contributed by atoms with van der Waals surface area (Å²) in [6, 6.07) is 48.3. The molecule has 8 aromatic carbocycles. The number of hydrogen-bond donors (Lipinski definition) is 0. The Hall–Kier alpha value is -4.50. The molecule has 0 radical (unpaired) electrons. The fourth-order valence-corrected chi connectivity index (χ4v) is 7.19. The average molecular weight is 690 g/mol. The number of benzene rings is 8. The van der Waals surface area contributed by atoms with E-state index in [4.69, 9.17) is 0 Å². The summed E-state index contributed by atoms with van der Waals surface area (Å²) in [7, 11) is 0. The molecule has 2 heteroatoms. The van der Waals surface area contributed by atoms with Crippen molar-refractivity contribution in [1.82, 2.24) is 0 Å². The van der Waals surface area contributed by atoms with Crippen molar-refractivity contribution in [3.8, 4) is 0 Å². The first-order valence-electron chi connectivity index (χ1n) is 14.7. The maximum absolute atomic E-state index is 3.80. The van der Waals surface area contributed by atoms with Crippen LogP contribution in [0.1, 0.15) is 22.3 Å². The molecule has 0 heterocycles. The lowest BCUT2D eigenvalue weighted by molar-refractivity contribution is 1.65. The molecule has 0 aliphatic rings. The minimum absolute atomic E-state index is 1.10. The number of halogens is 2. The van der Waals surface area contributed by atoms with E-state index in [1.165, 1.54) is 76.1 Å². The summed E-state index contributed by atoms with van der Waals surface area (Å²) in [5.41, 5.74) is 4.70. The van der Waals surface area contributed by atoms with Crippen LogP contribution in [-0.2, 0) is 0 Å². The van der Waals surface area contributed by atoms with Crippen molar-refractivity contribution in [2.45, 2.75) is 0 Å². The predicted molar refractivity (Wildman–Crippen MR) is 200 cm³/mol. The predicted octanol–water partition coefficient (Wildman–Crippen LogP) is 13.3. The number of hydrogen-bond acceptors (Lipinski definition) is 0. The molecule has 8 aromatic rings. The van der Waals surface area contributed by atoms with E-state index in [0.29, 0.717) is 0 Å². The second-order valence-corrected chi connectivity index (χ2v) is 13.0. The molecule has 0 bridgehead atoms. The first-order chi connectivity index (χ1) is 21.6. The highest BCUT2D eigenvalue weighted by Crippen LogP contribution is 2.33. The Labute approximate surface area is 273 Å². The van der Waals surface area contributed by atoms with Gasteiger partial charge in [-0.05, 0) is 113 Å². The standard InChI is InChI=1S/C42H26Br2/c43-41-25-33-19-17-29-5-1-3-7-37(29)39(33)23-35(41)15-11-27-9-13-32-22-28(10-14-31(32)21-27)12-16-36-24-40-34(26-42(36)44)20-18-30-6-2-4-8-38(30)40/h1-26H/b15-11-,16-12-. The van der Waals surface area contributed by atoms with Crippen molar-refractivity contribution in [3.63, 3.8) is 0 Å². The van der Waals surface area contributed by atoms with E-state index in [1.807, 2.05) is 0 Å². The minimum Gasteiger partial charge on any atom is -0.0616 e. The van der Waals surface area contributed by atoms with Crippen LogP contribution in [0.4, 0.5) is 0 Å². The molecular formula is C42H26Br2. The fourth-order valence-electron chi connectivity index (χ4n) is 6.20. The van der Waals surface area contributed by atoms with Crippen molar-refractivity contribution < 1.29 is 0 Å². The fraction of sp³-hybridized carbons (Fsp3) is 0. The molecule has 0 N–H and O–H groups in total. The maximum Gasteiger partial charge on any atom is 0.0254 e. The summed E-state index contributed by atoms with van der Waals surface area (Å²) in [6.45, 7) is 0. The Kier molecular flexibility index (Phi) is 6.90. The summed E-state index contributed by atoms with van der Waals surface area (Å²) >= 11 is 7.60. The van der Waals surface area contributed by atoms with Crippen molar-refractivity contribution in [2.24, 2.45) is 0 Å². The Morgan fingerprint density at radius 1 is 0.318 bits per heavy atom. The van der Waals surface area contributed by atoms with E-state index >= 15 is 0 Å². The van der Waals surface area contributed by atoms with Crippen LogP contribution in [0.3, 0.4) is 0 Å². The monoisotopic (exact) mass is 688 g/mol. The summed E-state index contributed by atoms with van der Waals surface area (Å²) in [5, 5.41) is 12.6. The van der Waals surface area contributed by atoms with E-state index in [0.717, 1.165) is 8.95 Å². The molecule has 0 aliphatic heterocycles. The SMILES string of the molecule is Brc1cc2ccc3ccccc3c2cc1/C=C\c1ccc2cc(/C=C\c3cc4c(ccc5ccccc54)cc3Br)ccc2c1. The number of fused-ring (bicyclic) bond motifs is 7. The zero-order valence-corrected chi connectivity index (χ0v) is 26.9. The Morgan fingerprint density at radius 2 is 0.727 bits per heavy atom. The molecule has 0 atom stereocenters. The topological polar surface area (TPSA) is 0 Å². The molecule has 8 rings (SSSR count). The van der Waals surface area contributed by atoms with Gasteiger partial charge in [0.15, 0.2) is 0 Å². The molecule has 0 aliphatic carbocycles. The first-order valence-corrected chi connectivity index (χ1v) is 16.3. The Balaban J connectivity index is 1.08. The highest BCUT2D eigenvalue weighted by Gasteiger charge is 2.06. The van der Waals surface area contributed by atoms with Crippen molar-refractivity contribution >= 4 is 110 Å². The van der Waals surface area contributed by atoms with Crippen LogP contribution >= 0.6 is 31.9 Å². The molecule has 0 saturated heterocycles. The maximum atomic E-state index is 3.80. The van der Waals surface area contributed by atoms with Gasteiger partial charge in [0.25, 0.3) is 0 Å².